The van der Waals surface area contributed by atoms with Crippen LogP contribution in [-0.2, 0) is 9.47 Å². The quantitative estimate of drug-likeness (QED) is 0.309. The van der Waals surface area contributed by atoms with Crippen LogP contribution in [0.4, 0.5) is 13.8 Å². The number of ether oxygens (including phenoxy) is 2. The lowest BCUT2D eigenvalue weighted by molar-refractivity contribution is 0.0506. The van der Waals surface area contributed by atoms with Crippen LogP contribution in [0.5, 0.6) is 0 Å². The Balaban J connectivity index is 1.78. The van der Waals surface area contributed by atoms with Gasteiger partial charge in [-0.2, -0.15) is 5.10 Å². The minimum atomic E-state index is -2.88. The second-order valence-corrected chi connectivity index (χ2v) is 8.89. The summed E-state index contributed by atoms with van der Waals surface area (Å²) in [5, 5.41) is 6.60. The fourth-order valence-electron chi connectivity index (χ4n) is 3.63. The molecule has 4 rings (SSSR count). The zero-order chi connectivity index (χ0) is 26.7. The maximum atomic E-state index is 13.9. The highest BCUT2D eigenvalue weighted by Crippen LogP contribution is 2.35. The SMILES string of the molecule is CCCOC(=O)c1c(NC(=O)c2cnn3c(C(F)F)cc(-c4ccccc4)nc23)sc(C(=O)OC)c1C. The van der Waals surface area contributed by atoms with Crippen LogP contribution in [-0.4, -0.2) is 46.2 Å². The van der Waals surface area contributed by atoms with Crippen LogP contribution in [0.3, 0.4) is 0 Å². The number of nitrogens with zero attached hydrogens (tertiary/aromatic N) is 3. The molecule has 0 aliphatic heterocycles. The number of aromatic nitrogens is 3. The Bertz CT molecular complexity index is 1480. The zero-order valence-electron chi connectivity index (χ0n) is 20.1. The van der Waals surface area contributed by atoms with Gasteiger partial charge in [0, 0.05) is 5.56 Å². The van der Waals surface area contributed by atoms with E-state index < -0.39 is 30.0 Å². The van der Waals surface area contributed by atoms with Crippen LogP contribution in [0.15, 0.2) is 42.6 Å². The summed E-state index contributed by atoms with van der Waals surface area (Å²) in [6.45, 7) is 3.51. The second-order valence-electron chi connectivity index (χ2n) is 7.87. The van der Waals surface area contributed by atoms with Crippen molar-refractivity contribution in [2.75, 3.05) is 19.0 Å². The van der Waals surface area contributed by atoms with E-state index in [9.17, 15) is 23.2 Å². The number of benzene rings is 1. The van der Waals surface area contributed by atoms with Gasteiger partial charge in [-0.05, 0) is 25.0 Å². The van der Waals surface area contributed by atoms with E-state index in [-0.39, 0.29) is 44.5 Å². The van der Waals surface area contributed by atoms with Crippen molar-refractivity contribution in [3.8, 4) is 11.3 Å². The summed E-state index contributed by atoms with van der Waals surface area (Å²) in [5.74, 6) is -2.15. The summed E-state index contributed by atoms with van der Waals surface area (Å²) in [7, 11) is 1.20. The third-order valence-electron chi connectivity index (χ3n) is 5.42. The number of carbonyl (C=O) groups excluding carboxylic acids is 3. The van der Waals surface area contributed by atoms with Crippen LogP contribution < -0.4 is 5.32 Å². The number of methoxy groups -OCH3 is 1. The summed E-state index contributed by atoms with van der Waals surface area (Å²) < 4.78 is 38.7. The Morgan fingerprint density at radius 2 is 1.89 bits per heavy atom. The molecule has 0 radical (unpaired) electrons. The van der Waals surface area contributed by atoms with Crippen molar-refractivity contribution in [1.82, 2.24) is 14.6 Å². The van der Waals surface area contributed by atoms with Gasteiger partial charge < -0.3 is 14.8 Å². The number of fused-ring (bicyclic) bond motifs is 1. The number of rotatable bonds is 8. The van der Waals surface area contributed by atoms with Gasteiger partial charge in [0.1, 0.15) is 21.1 Å². The van der Waals surface area contributed by atoms with Gasteiger partial charge in [0.05, 0.1) is 31.2 Å². The molecule has 4 aromatic rings. The van der Waals surface area contributed by atoms with Gasteiger partial charge in [-0.1, -0.05) is 37.3 Å². The fraction of sp³-hybridized carbons (Fsp3) is 0.240. The Labute approximate surface area is 214 Å². The Morgan fingerprint density at radius 3 is 2.54 bits per heavy atom. The first kappa shape index (κ1) is 25.9. The molecule has 1 aromatic carbocycles. The number of amides is 1. The van der Waals surface area contributed by atoms with Gasteiger partial charge in [-0.3, -0.25) is 4.79 Å². The molecule has 0 saturated carbocycles. The van der Waals surface area contributed by atoms with Crippen LogP contribution >= 0.6 is 11.3 Å². The minimum absolute atomic E-state index is 0.00915. The number of esters is 2. The summed E-state index contributed by atoms with van der Waals surface area (Å²) in [4.78, 5) is 42.8. The topological polar surface area (TPSA) is 112 Å². The summed E-state index contributed by atoms with van der Waals surface area (Å²) >= 11 is 0.845. The standard InChI is InChI=1S/C25H22F2N4O5S/c1-4-10-36-24(33)18-13(2)19(25(34)35-3)37-23(18)30-22(32)15-12-28-31-17(20(26)27)11-16(29-21(15)31)14-8-6-5-7-9-14/h5-9,11-12,20H,4,10H2,1-3H3,(H,30,32). The van der Waals surface area contributed by atoms with Crippen molar-refractivity contribution in [3.63, 3.8) is 0 Å². The molecule has 1 amide bonds. The molecule has 0 aliphatic rings. The fourth-order valence-corrected chi connectivity index (χ4v) is 4.74. The third kappa shape index (κ3) is 5.05. The maximum absolute atomic E-state index is 13.9. The van der Waals surface area contributed by atoms with Gasteiger partial charge in [0.25, 0.3) is 12.3 Å². The highest BCUT2D eigenvalue weighted by Gasteiger charge is 2.29. The van der Waals surface area contributed by atoms with Gasteiger partial charge in [0.2, 0.25) is 0 Å². The smallest absolute Gasteiger partial charge is 0.348 e. The van der Waals surface area contributed by atoms with E-state index >= 15 is 0 Å². The van der Waals surface area contributed by atoms with Gasteiger partial charge in [-0.25, -0.2) is 27.9 Å². The van der Waals surface area contributed by atoms with E-state index in [0.29, 0.717) is 12.0 Å². The number of alkyl halides is 2. The van der Waals surface area contributed by atoms with Crippen molar-refractivity contribution in [2.24, 2.45) is 0 Å². The molecule has 192 valence electrons. The monoisotopic (exact) mass is 528 g/mol. The van der Waals surface area contributed by atoms with Crippen molar-refractivity contribution >= 4 is 39.8 Å². The van der Waals surface area contributed by atoms with Gasteiger partial charge in [-0.15, -0.1) is 11.3 Å². The van der Waals surface area contributed by atoms with Crippen molar-refractivity contribution in [1.29, 1.82) is 0 Å². The van der Waals surface area contributed by atoms with E-state index in [2.05, 4.69) is 15.4 Å². The first-order valence-electron chi connectivity index (χ1n) is 11.2. The maximum Gasteiger partial charge on any atom is 0.348 e. The molecular weight excluding hydrogens is 506 g/mol. The second kappa shape index (κ2) is 10.8. The molecule has 12 heteroatoms. The third-order valence-corrected chi connectivity index (χ3v) is 6.61. The number of carbonyl (C=O) groups is 3. The zero-order valence-corrected chi connectivity index (χ0v) is 20.9. The number of hydrogen-bond acceptors (Lipinski definition) is 8. The molecule has 0 fully saturated rings. The summed E-state index contributed by atoms with van der Waals surface area (Å²) in [5.41, 5.74) is 0.488. The van der Waals surface area contributed by atoms with Crippen molar-refractivity contribution in [2.45, 2.75) is 26.7 Å². The van der Waals surface area contributed by atoms with Crippen LogP contribution in [0.25, 0.3) is 16.9 Å². The predicted octanol–water partition coefficient (Wildman–Crippen LogP) is 5.31. The Hall–Kier alpha value is -4.19. The largest absolute Gasteiger partial charge is 0.465 e. The molecule has 3 heterocycles. The van der Waals surface area contributed by atoms with Crippen LogP contribution in [0.2, 0.25) is 0 Å². The van der Waals surface area contributed by atoms with Gasteiger partial charge in [0.15, 0.2) is 5.65 Å². The molecule has 0 atom stereocenters. The minimum Gasteiger partial charge on any atom is -0.465 e. The molecule has 1 N–H and O–H groups in total. The highest BCUT2D eigenvalue weighted by atomic mass is 32.1. The lowest BCUT2D eigenvalue weighted by Gasteiger charge is -2.09. The van der Waals surface area contributed by atoms with E-state index in [4.69, 9.17) is 9.47 Å². The van der Waals surface area contributed by atoms with Crippen molar-refractivity contribution in [3.05, 3.63) is 69.9 Å². The van der Waals surface area contributed by atoms with Crippen LogP contribution in [0.1, 0.15) is 61.4 Å². The number of thiophene rings is 1. The molecule has 0 bridgehead atoms. The summed E-state index contributed by atoms with van der Waals surface area (Å²) in [6.07, 6.45) is -1.19. The van der Waals surface area contributed by atoms with Gasteiger partial charge >= 0.3 is 11.9 Å². The molecule has 0 spiro atoms. The number of nitrogens with one attached hydrogen (secondary N) is 1. The number of halogens is 2. The number of anilines is 1. The molecule has 3 aromatic heterocycles. The first-order chi connectivity index (χ1) is 17.8. The number of hydrogen-bond donors (Lipinski definition) is 1. The molecule has 37 heavy (non-hydrogen) atoms. The summed E-state index contributed by atoms with van der Waals surface area (Å²) in [6, 6.07) is 9.90. The Kier molecular flexibility index (Phi) is 7.58. The first-order valence-corrected chi connectivity index (χ1v) is 12.0. The lowest BCUT2D eigenvalue weighted by atomic mass is 10.1. The predicted molar refractivity (Wildman–Crippen MR) is 132 cm³/mol. The Morgan fingerprint density at radius 1 is 1.16 bits per heavy atom. The highest BCUT2D eigenvalue weighted by molar-refractivity contribution is 7.18. The average molecular weight is 529 g/mol. The van der Waals surface area contributed by atoms with E-state index in [0.717, 1.165) is 22.0 Å². The van der Waals surface area contributed by atoms with Crippen molar-refractivity contribution < 1.29 is 32.6 Å². The molecular formula is C25H22F2N4O5S. The average Bonchev–Trinajstić information content (AvgIpc) is 3.47. The normalized spacial score (nSPS) is 11.1. The van der Waals surface area contributed by atoms with Crippen LogP contribution in [0, 0.1) is 6.92 Å². The lowest BCUT2D eigenvalue weighted by Crippen LogP contribution is -2.15. The molecule has 0 saturated heterocycles. The molecule has 0 aliphatic carbocycles. The van der Waals surface area contributed by atoms with E-state index in [1.54, 1.807) is 37.3 Å². The molecule has 0 unspecified atom stereocenters. The van der Waals surface area contributed by atoms with E-state index in [1.807, 2.05) is 6.92 Å². The van der Waals surface area contributed by atoms with E-state index in [1.165, 1.54) is 13.2 Å². The molecule has 9 nitrogen and oxygen atoms in total.